The third-order valence-corrected chi connectivity index (χ3v) is 5.95. The first-order valence-corrected chi connectivity index (χ1v) is 11.8. The summed E-state index contributed by atoms with van der Waals surface area (Å²) in [7, 11) is 0. The Kier molecular flexibility index (Phi) is 11.7. The van der Waals surface area contributed by atoms with E-state index in [0.29, 0.717) is 6.42 Å². The Morgan fingerprint density at radius 1 is 0.824 bits per heavy atom. The van der Waals surface area contributed by atoms with Gasteiger partial charge in [0, 0.05) is 6.42 Å². The number of carboxylic acid groups (broad SMARTS) is 1. The SMILES string of the molecule is CCC(C)C(N)C(=O)NC(Cc1ccccc1)C(=O)NC(C(=O)NC(C(=O)O)C(C)C)C(C)C. The minimum atomic E-state index is -1.15. The highest BCUT2D eigenvalue weighted by Crippen LogP contribution is 2.10. The van der Waals surface area contributed by atoms with Gasteiger partial charge < -0.3 is 26.8 Å². The number of nitrogens with one attached hydrogen (secondary N) is 3. The van der Waals surface area contributed by atoms with Crippen LogP contribution in [0.2, 0.25) is 0 Å². The molecule has 0 aliphatic rings. The maximum absolute atomic E-state index is 13.3. The molecule has 3 amide bonds. The number of aliphatic carboxylic acids is 1. The Morgan fingerprint density at radius 3 is 1.82 bits per heavy atom. The molecule has 5 unspecified atom stereocenters. The van der Waals surface area contributed by atoms with Gasteiger partial charge in [-0.15, -0.1) is 0 Å². The fourth-order valence-electron chi connectivity index (χ4n) is 3.38. The summed E-state index contributed by atoms with van der Waals surface area (Å²) in [6.45, 7) is 10.7. The minimum absolute atomic E-state index is 0.0707. The van der Waals surface area contributed by atoms with Gasteiger partial charge in [0.15, 0.2) is 0 Å². The molecule has 1 rings (SSSR count). The topological polar surface area (TPSA) is 151 Å². The van der Waals surface area contributed by atoms with Gasteiger partial charge in [0.2, 0.25) is 17.7 Å². The molecule has 9 nitrogen and oxygen atoms in total. The van der Waals surface area contributed by atoms with Gasteiger partial charge in [-0.3, -0.25) is 14.4 Å². The van der Waals surface area contributed by atoms with Crippen LogP contribution in [0.4, 0.5) is 0 Å². The van der Waals surface area contributed by atoms with Crippen molar-refractivity contribution in [2.24, 2.45) is 23.5 Å². The monoisotopic (exact) mass is 476 g/mol. The van der Waals surface area contributed by atoms with Gasteiger partial charge in [-0.05, 0) is 23.3 Å². The van der Waals surface area contributed by atoms with Crippen molar-refractivity contribution in [3.05, 3.63) is 35.9 Å². The first-order chi connectivity index (χ1) is 15.9. The predicted molar refractivity (Wildman–Crippen MR) is 131 cm³/mol. The summed E-state index contributed by atoms with van der Waals surface area (Å²) in [4.78, 5) is 50.4. The zero-order valence-electron chi connectivity index (χ0n) is 21.0. The zero-order chi connectivity index (χ0) is 26.0. The van der Waals surface area contributed by atoms with E-state index in [0.717, 1.165) is 5.56 Å². The van der Waals surface area contributed by atoms with E-state index in [1.165, 1.54) is 0 Å². The van der Waals surface area contributed by atoms with Crippen LogP contribution in [-0.4, -0.2) is 53.0 Å². The Hall–Kier alpha value is -2.94. The quantitative estimate of drug-likeness (QED) is 0.291. The number of nitrogens with two attached hydrogens (primary N) is 1. The minimum Gasteiger partial charge on any atom is -0.480 e. The summed E-state index contributed by atoms with van der Waals surface area (Å²) in [5.41, 5.74) is 6.89. The van der Waals surface area contributed by atoms with Gasteiger partial charge in [0.05, 0.1) is 6.04 Å². The number of amides is 3. The van der Waals surface area contributed by atoms with E-state index in [1.54, 1.807) is 27.7 Å². The average molecular weight is 477 g/mol. The lowest BCUT2D eigenvalue weighted by Gasteiger charge is -2.28. The molecule has 0 aromatic heterocycles. The third kappa shape index (κ3) is 8.78. The lowest BCUT2D eigenvalue weighted by molar-refractivity contribution is -0.143. The zero-order valence-corrected chi connectivity index (χ0v) is 21.0. The molecular weight excluding hydrogens is 436 g/mol. The molecule has 0 saturated heterocycles. The van der Waals surface area contributed by atoms with Crippen molar-refractivity contribution in [3.63, 3.8) is 0 Å². The highest BCUT2D eigenvalue weighted by molar-refractivity contribution is 5.94. The fraction of sp³-hybridized carbons (Fsp3) is 0.600. The van der Waals surface area contributed by atoms with Crippen LogP contribution in [0, 0.1) is 17.8 Å². The van der Waals surface area contributed by atoms with Crippen LogP contribution in [0.1, 0.15) is 53.5 Å². The molecule has 0 heterocycles. The summed E-state index contributed by atoms with van der Waals surface area (Å²) in [5.74, 6) is -3.45. The van der Waals surface area contributed by atoms with Gasteiger partial charge in [-0.1, -0.05) is 78.3 Å². The van der Waals surface area contributed by atoms with Gasteiger partial charge >= 0.3 is 5.97 Å². The normalized spacial score (nSPS) is 15.7. The molecule has 0 saturated carbocycles. The molecule has 5 atom stereocenters. The molecule has 34 heavy (non-hydrogen) atoms. The van der Waals surface area contributed by atoms with E-state index in [2.05, 4.69) is 16.0 Å². The van der Waals surface area contributed by atoms with E-state index in [4.69, 9.17) is 5.73 Å². The highest BCUT2D eigenvalue weighted by atomic mass is 16.4. The standard InChI is InChI=1S/C25H40N4O5/c1-7-16(6)19(26)23(31)27-18(13-17-11-9-8-10-12-17)22(30)28-20(14(2)3)24(32)29-21(15(4)5)25(33)34/h8-12,14-16,18-21H,7,13,26H2,1-6H3,(H,27,31)(H,28,30)(H,29,32)(H,33,34). The Bertz CT molecular complexity index is 828. The van der Waals surface area contributed by atoms with Crippen molar-refractivity contribution in [3.8, 4) is 0 Å². The van der Waals surface area contributed by atoms with Crippen LogP contribution in [0.25, 0.3) is 0 Å². The molecule has 0 spiro atoms. The molecule has 0 bridgehead atoms. The van der Waals surface area contributed by atoms with E-state index < -0.39 is 47.9 Å². The second kappa shape index (κ2) is 13.7. The van der Waals surface area contributed by atoms with Crippen LogP contribution in [0.3, 0.4) is 0 Å². The average Bonchev–Trinajstić information content (AvgIpc) is 2.78. The van der Waals surface area contributed by atoms with E-state index in [1.807, 2.05) is 44.2 Å². The number of hydrogen-bond acceptors (Lipinski definition) is 5. The smallest absolute Gasteiger partial charge is 0.326 e. The van der Waals surface area contributed by atoms with Crippen LogP contribution in [0.15, 0.2) is 30.3 Å². The largest absolute Gasteiger partial charge is 0.480 e. The number of benzene rings is 1. The van der Waals surface area contributed by atoms with Crippen LogP contribution >= 0.6 is 0 Å². The Labute approximate surface area is 202 Å². The molecule has 1 aromatic rings. The summed E-state index contributed by atoms with van der Waals surface area (Å²) in [5, 5.41) is 17.4. The van der Waals surface area contributed by atoms with Crippen molar-refractivity contribution in [2.75, 3.05) is 0 Å². The summed E-state index contributed by atoms with van der Waals surface area (Å²) >= 11 is 0. The van der Waals surface area contributed by atoms with Gasteiger partial charge in [0.25, 0.3) is 0 Å². The number of hydrogen-bond donors (Lipinski definition) is 5. The van der Waals surface area contributed by atoms with E-state index in [9.17, 15) is 24.3 Å². The van der Waals surface area contributed by atoms with Crippen molar-refractivity contribution < 1.29 is 24.3 Å². The van der Waals surface area contributed by atoms with Gasteiger partial charge in [0.1, 0.15) is 18.1 Å². The van der Waals surface area contributed by atoms with Crippen molar-refractivity contribution in [1.29, 1.82) is 0 Å². The molecule has 0 aliphatic heterocycles. The van der Waals surface area contributed by atoms with Crippen molar-refractivity contribution >= 4 is 23.7 Å². The first kappa shape index (κ1) is 29.1. The number of rotatable bonds is 13. The Balaban J connectivity index is 3.09. The maximum atomic E-state index is 13.3. The predicted octanol–water partition coefficient (Wildman–Crippen LogP) is 1.45. The van der Waals surface area contributed by atoms with E-state index >= 15 is 0 Å². The summed E-state index contributed by atoms with van der Waals surface area (Å²) in [6, 6.07) is 5.40. The first-order valence-electron chi connectivity index (χ1n) is 11.8. The Morgan fingerprint density at radius 2 is 1.35 bits per heavy atom. The summed E-state index contributed by atoms with van der Waals surface area (Å²) < 4.78 is 0. The molecule has 0 aliphatic carbocycles. The van der Waals surface area contributed by atoms with E-state index in [-0.39, 0.29) is 24.2 Å². The summed E-state index contributed by atoms with van der Waals surface area (Å²) in [6.07, 6.45) is 0.919. The fourth-order valence-corrected chi connectivity index (χ4v) is 3.38. The lowest BCUT2D eigenvalue weighted by Crippen LogP contribution is -2.59. The molecule has 6 N–H and O–H groups in total. The molecule has 0 radical (unpaired) electrons. The maximum Gasteiger partial charge on any atom is 0.326 e. The van der Waals surface area contributed by atoms with Gasteiger partial charge in [-0.2, -0.15) is 0 Å². The van der Waals surface area contributed by atoms with Crippen molar-refractivity contribution in [1.82, 2.24) is 16.0 Å². The third-order valence-electron chi connectivity index (χ3n) is 5.95. The van der Waals surface area contributed by atoms with Crippen molar-refractivity contribution in [2.45, 2.75) is 78.6 Å². The number of carbonyl (C=O) groups is 4. The van der Waals surface area contributed by atoms with Crippen LogP contribution in [-0.2, 0) is 25.6 Å². The second-order valence-corrected chi connectivity index (χ2v) is 9.46. The van der Waals surface area contributed by atoms with Crippen LogP contribution in [0.5, 0.6) is 0 Å². The second-order valence-electron chi connectivity index (χ2n) is 9.46. The molecule has 9 heteroatoms. The molecule has 1 aromatic carbocycles. The van der Waals surface area contributed by atoms with Gasteiger partial charge in [-0.25, -0.2) is 4.79 Å². The highest BCUT2D eigenvalue weighted by Gasteiger charge is 2.33. The lowest BCUT2D eigenvalue weighted by atomic mass is 9.97. The van der Waals surface area contributed by atoms with Crippen LogP contribution < -0.4 is 21.7 Å². The molecular formula is C25H40N4O5. The molecule has 190 valence electrons. The molecule has 0 fully saturated rings. The number of carboxylic acids is 1. The number of carbonyl (C=O) groups excluding carboxylic acids is 3.